The first-order chi connectivity index (χ1) is 7.05. The highest BCUT2D eigenvalue weighted by Gasteiger charge is 2.26. The lowest BCUT2D eigenvalue weighted by molar-refractivity contribution is -0.120. The summed E-state index contributed by atoms with van der Waals surface area (Å²) in [6.07, 6.45) is 6.96. The van der Waals surface area contributed by atoms with Crippen molar-refractivity contribution in [2.45, 2.75) is 52.9 Å². The molecule has 2 heteroatoms. The number of rotatable bonds is 5. The molecule has 0 heterocycles. The largest absolute Gasteiger partial charge is 0.490 e. The summed E-state index contributed by atoms with van der Waals surface area (Å²) in [5.74, 6) is 0.771. The van der Waals surface area contributed by atoms with Crippen LogP contribution in [0.3, 0.4) is 0 Å². The van der Waals surface area contributed by atoms with Gasteiger partial charge in [-0.15, -0.1) is 0 Å². The van der Waals surface area contributed by atoms with Crippen molar-refractivity contribution in [1.29, 1.82) is 0 Å². The summed E-state index contributed by atoms with van der Waals surface area (Å²) in [6, 6.07) is 0. The molecule has 0 saturated carbocycles. The number of hydrogen-bond acceptors (Lipinski definition) is 2. The molecule has 1 rings (SSSR count). The fourth-order valence-electron chi connectivity index (χ4n) is 1.72. The second-order valence-corrected chi connectivity index (χ2v) is 4.98. The van der Waals surface area contributed by atoms with Crippen molar-refractivity contribution >= 4 is 5.78 Å². The molecule has 0 fully saturated rings. The van der Waals surface area contributed by atoms with Gasteiger partial charge in [0.25, 0.3) is 0 Å². The third-order valence-electron chi connectivity index (χ3n) is 2.80. The lowest BCUT2D eigenvalue weighted by Crippen LogP contribution is -2.21. The Hall–Kier alpha value is -0.790. The second kappa shape index (κ2) is 5.34. The molecule has 0 radical (unpaired) electrons. The topological polar surface area (TPSA) is 26.3 Å². The van der Waals surface area contributed by atoms with Crippen LogP contribution in [0.4, 0.5) is 0 Å². The van der Waals surface area contributed by atoms with E-state index in [1.165, 1.54) is 12.8 Å². The summed E-state index contributed by atoms with van der Waals surface area (Å²) in [5, 5.41) is 0. The summed E-state index contributed by atoms with van der Waals surface area (Å²) in [7, 11) is 0. The van der Waals surface area contributed by atoms with Gasteiger partial charge in [-0.1, -0.05) is 33.6 Å². The maximum absolute atomic E-state index is 11.6. The molecule has 86 valence electrons. The molecule has 0 aromatic rings. The van der Waals surface area contributed by atoms with E-state index in [1.807, 2.05) is 6.08 Å². The monoisotopic (exact) mass is 210 g/mol. The Morgan fingerprint density at radius 1 is 1.40 bits per heavy atom. The Kier molecular flexibility index (Phi) is 4.37. The van der Waals surface area contributed by atoms with E-state index in [2.05, 4.69) is 20.8 Å². The summed E-state index contributed by atoms with van der Waals surface area (Å²) in [4.78, 5) is 11.6. The van der Waals surface area contributed by atoms with E-state index in [4.69, 9.17) is 4.74 Å². The van der Waals surface area contributed by atoms with Crippen molar-refractivity contribution < 1.29 is 9.53 Å². The Morgan fingerprint density at radius 3 is 2.80 bits per heavy atom. The fourth-order valence-corrected chi connectivity index (χ4v) is 1.72. The van der Waals surface area contributed by atoms with Gasteiger partial charge in [-0.25, -0.2) is 0 Å². The maximum Gasteiger partial charge on any atom is 0.197 e. The molecule has 0 aromatic heterocycles. The smallest absolute Gasteiger partial charge is 0.197 e. The van der Waals surface area contributed by atoms with Crippen LogP contribution in [0, 0.1) is 5.41 Å². The number of ketones is 1. The molecule has 0 atom stereocenters. The molecule has 0 spiro atoms. The van der Waals surface area contributed by atoms with Crippen molar-refractivity contribution in [2.24, 2.45) is 5.41 Å². The van der Waals surface area contributed by atoms with Crippen molar-refractivity contribution in [3.8, 4) is 0 Å². The van der Waals surface area contributed by atoms with Gasteiger partial charge in [-0.05, 0) is 24.3 Å². The van der Waals surface area contributed by atoms with Gasteiger partial charge >= 0.3 is 0 Å². The SMILES string of the molecule is CCCCCOC1=CC(C)(C)CCC1=O. The Balaban J connectivity index is 2.44. The third kappa shape index (κ3) is 4.06. The van der Waals surface area contributed by atoms with Crippen LogP contribution in [0.5, 0.6) is 0 Å². The van der Waals surface area contributed by atoms with Crippen molar-refractivity contribution in [2.75, 3.05) is 6.61 Å². The second-order valence-electron chi connectivity index (χ2n) is 4.98. The van der Waals surface area contributed by atoms with Crippen LogP contribution >= 0.6 is 0 Å². The van der Waals surface area contributed by atoms with E-state index in [-0.39, 0.29) is 11.2 Å². The zero-order chi connectivity index (χ0) is 11.3. The van der Waals surface area contributed by atoms with Gasteiger partial charge in [-0.3, -0.25) is 4.79 Å². The number of ether oxygens (including phenoxy) is 1. The summed E-state index contributed by atoms with van der Waals surface area (Å²) in [6.45, 7) is 7.14. The first-order valence-corrected chi connectivity index (χ1v) is 5.94. The van der Waals surface area contributed by atoms with Gasteiger partial charge < -0.3 is 4.74 Å². The zero-order valence-corrected chi connectivity index (χ0v) is 10.1. The minimum atomic E-state index is 0.119. The van der Waals surface area contributed by atoms with Gasteiger partial charge in [0.2, 0.25) is 0 Å². The number of carbonyl (C=O) groups is 1. The van der Waals surface area contributed by atoms with Crippen LogP contribution in [-0.2, 0) is 9.53 Å². The number of unbranched alkanes of at least 4 members (excludes halogenated alkanes) is 2. The average Bonchev–Trinajstić information content (AvgIpc) is 2.18. The molecule has 0 bridgehead atoms. The molecule has 2 nitrogen and oxygen atoms in total. The molecule has 1 aliphatic rings. The quantitative estimate of drug-likeness (QED) is 0.649. The van der Waals surface area contributed by atoms with Crippen LogP contribution in [0.15, 0.2) is 11.8 Å². The first-order valence-electron chi connectivity index (χ1n) is 5.94. The van der Waals surface area contributed by atoms with Gasteiger partial charge in [0.1, 0.15) is 0 Å². The molecule has 0 amide bonds. The zero-order valence-electron chi connectivity index (χ0n) is 10.1. The van der Waals surface area contributed by atoms with Crippen molar-refractivity contribution in [3.05, 3.63) is 11.8 Å². The number of allylic oxidation sites excluding steroid dienone is 2. The fraction of sp³-hybridized carbons (Fsp3) is 0.769. The standard InChI is InChI=1S/C13H22O2/c1-4-5-6-9-15-12-10-13(2,3)8-7-11(12)14/h10H,4-9H2,1-3H3. The predicted molar refractivity (Wildman–Crippen MR) is 61.6 cm³/mol. The number of carbonyl (C=O) groups excluding carboxylic acids is 1. The molecule has 0 unspecified atom stereocenters. The maximum atomic E-state index is 11.6. The van der Waals surface area contributed by atoms with Crippen LogP contribution < -0.4 is 0 Å². The summed E-state index contributed by atoms with van der Waals surface area (Å²) in [5.41, 5.74) is 0.119. The van der Waals surface area contributed by atoms with E-state index >= 15 is 0 Å². The Morgan fingerprint density at radius 2 is 2.13 bits per heavy atom. The predicted octanol–water partition coefficient (Wildman–Crippen LogP) is 3.47. The van der Waals surface area contributed by atoms with Crippen LogP contribution in [0.2, 0.25) is 0 Å². The highest BCUT2D eigenvalue weighted by molar-refractivity contribution is 5.94. The molecule has 15 heavy (non-hydrogen) atoms. The molecular formula is C13H22O2. The van der Waals surface area contributed by atoms with E-state index in [9.17, 15) is 4.79 Å². The average molecular weight is 210 g/mol. The van der Waals surface area contributed by atoms with E-state index < -0.39 is 0 Å². The van der Waals surface area contributed by atoms with Gasteiger partial charge in [0.05, 0.1) is 6.61 Å². The minimum Gasteiger partial charge on any atom is -0.490 e. The minimum absolute atomic E-state index is 0.119. The van der Waals surface area contributed by atoms with E-state index in [1.54, 1.807) is 0 Å². The highest BCUT2D eigenvalue weighted by atomic mass is 16.5. The van der Waals surface area contributed by atoms with Crippen LogP contribution in [-0.4, -0.2) is 12.4 Å². The van der Waals surface area contributed by atoms with Gasteiger partial charge in [-0.2, -0.15) is 0 Å². The number of Topliss-reactive ketones (excluding diaryl/α,β-unsaturated/α-hetero) is 1. The highest BCUT2D eigenvalue weighted by Crippen LogP contribution is 2.31. The van der Waals surface area contributed by atoms with Gasteiger partial charge in [0.15, 0.2) is 11.5 Å². The third-order valence-corrected chi connectivity index (χ3v) is 2.80. The van der Waals surface area contributed by atoms with Crippen molar-refractivity contribution in [3.63, 3.8) is 0 Å². The molecule has 0 aliphatic heterocycles. The number of hydrogen-bond donors (Lipinski definition) is 0. The van der Waals surface area contributed by atoms with E-state index in [0.29, 0.717) is 18.8 Å². The molecule has 1 aliphatic carbocycles. The molecule has 0 N–H and O–H groups in total. The van der Waals surface area contributed by atoms with E-state index in [0.717, 1.165) is 12.8 Å². The normalized spacial score (nSPS) is 19.9. The van der Waals surface area contributed by atoms with Crippen molar-refractivity contribution in [1.82, 2.24) is 0 Å². The lowest BCUT2D eigenvalue weighted by atomic mass is 9.82. The Bertz CT molecular complexity index is 251. The lowest BCUT2D eigenvalue weighted by Gasteiger charge is -2.26. The van der Waals surface area contributed by atoms with Crippen LogP contribution in [0.1, 0.15) is 52.9 Å². The molecular weight excluding hydrogens is 188 g/mol. The first kappa shape index (κ1) is 12.3. The molecule has 0 aromatic carbocycles. The summed E-state index contributed by atoms with van der Waals surface area (Å²) < 4.78 is 5.54. The molecule has 0 saturated heterocycles. The summed E-state index contributed by atoms with van der Waals surface area (Å²) >= 11 is 0. The Labute approximate surface area is 92.7 Å². The van der Waals surface area contributed by atoms with Crippen LogP contribution in [0.25, 0.3) is 0 Å². The van der Waals surface area contributed by atoms with Gasteiger partial charge in [0, 0.05) is 6.42 Å².